The number of aliphatic hydroxyl groups excluding tert-OH is 1. The second-order valence-electron chi connectivity index (χ2n) is 6.43. The Morgan fingerprint density at radius 2 is 1.84 bits per heavy atom. The van der Waals surface area contributed by atoms with E-state index < -0.39 is 6.10 Å². The van der Waals surface area contributed by atoms with E-state index in [-0.39, 0.29) is 0 Å². The molecule has 0 saturated heterocycles. The van der Waals surface area contributed by atoms with Crippen LogP contribution in [0.15, 0.2) is 54.6 Å². The van der Waals surface area contributed by atoms with Gasteiger partial charge in [-0.05, 0) is 24.7 Å². The molecule has 0 aliphatic carbocycles. The Bertz CT molecular complexity index is 801. The molecule has 0 spiro atoms. The van der Waals surface area contributed by atoms with E-state index in [1.165, 1.54) is 0 Å². The third-order valence-electron chi connectivity index (χ3n) is 4.24. The van der Waals surface area contributed by atoms with Gasteiger partial charge in [0.2, 0.25) is 0 Å². The Hall–Kier alpha value is -2.21. The normalized spacial score (nSPS) is 12.8. The fourth-order valence-corrected chi connectivity index (χ4v) is 2.94. The summed E-state index contributed by atoms with van der Waals surface area (Å²) < 4.78 is 7.71. The van der Waals surface area contributed by atoms with E-state index in [1.54, 1.807) is 0 Å². The zero-order valence-corrected chi connectivity index (χ0v) is 14.8. The van der Waals surface area contributed by atoms with E-state index in [0.717, 1.165) is 22.4 Å². The molecule has 5 nitrogen and oxygen atoms in total. The maximum atomic E-state index is 10.2. The number of ether oxygens (including phenoxy) is 1. The first kappa shape index (κ1) is 17.6. The highest BCUT2D eigenvalue weighted by Crippen LogP contribution is 2.15. The van der Waals surface area contributed by atoms with Gasteiger partial charge in [-0.3, -0.25) is 4.90 Å². The van der Waals surface area contributed by atoms with Crippen LogP contribution in [0, 0.1) is 0 Å². The Kier molecular flexibility index (Phi) is 5.81. The topological polar surface area (TPSA) is 50.5 Å². The number of rotatable bonds is 8. The molecule has 25 heavy (non-hydrogen) atoms. The molecule has 3 aromatic rings. The molecule has 0 fully saturated rings. The number of hydrogen-bond acceptors (Lipinski definition) is 4. The molecule has 132 valence electrons. The highest BCUT2D eigenvalue weighted by atomic mass is 16.5. The summed E-state index contributed by atoms with van der Waals surface area (Å²) in [5.41, 5.74) is 3.24. The highest BCUT2D eigenvalue weighted by molar-refractivity contribution is 5.75. The third kappa shape index (κ3) is 4.66. The van der Waals surface area contributed by atoms with Crippen LogP contribution in [0.1, 0.15) is 11.4 Å². The van der Waals surface area contributed by atoms with Crippen molar-refractivity contribution in [1.29, 1.82) is 0 Å². The Balaban J connectivity index is 1.48. The van der Waals surface area contributed by atoms with Crippen molar-refractivity contribution in [3.63, 3.8) is 0 Å². The maximum Gasteiger partial charge on any atom is 0.123 e. The molecule has 0 radical (unpaired) electrons. The fraction of sp³-hybridized carbons (Fsp3) is 0.350. The van der Waals surface area contributed by atoms with Gasteiger partial charge in [-0.2, -0.15) is 0 Å². The summed E-state index contributed by atoms with van der Waals surface area (Å²) in [5, 5.41) is 10.2. The molecule has 1 aromatic heterocycles. The maximum absolute atomic E-state index is 10.2. The molecule has 0 saturated carbocycles. The van der Waals surface area contributed by atoms with Crippen LogP contribution in [0.4, 0.5) is 0 Å². The van der Waals surface area contributed by atoms with Gasteiger partial charge in [-0.15, -0.1) is 0 Å². The lowest BCUT2D eigenvalue weighted by atomic mass is 10.2. The molecule has 0 aliphatic heterocycles. The van der Waals surface area contributed by atoms with Crippen molar-refractivity contribution in [3.05, 3.63) is 66.0 Å². The zero-order chi connectivity index (χ0) is 17.6. The Labute approximate surface area is 148 Å². The predicted molar refractivity (Wildman–Crippen MR) is 99.2 cm³/mol. The summed E-state index contributed by atoms with van der Waals surface area (Å²) >= 11 is 0. The average Bonchev–Trinajstić information content (AvgIpc) is 2.92. The number of nitrogens with zero attached hydrogens (tertiary/aromatic N) is 3. The van der Waals surface area contributed by atoms with Crippen LogP contribution >= 0.6 is 0 Å². The van der Waals surface area contributed by atoms with Gasteiger partial charge in [0.25, 0.3) is 0 Å². The summed E-state index contributed by atoms with van der Waals surface area (Å²) in [4.78, 5) is 6.74. The molecule has 1 atom stereocenters. The van der Waals surface area contributed by atoms with Crippen molar-refractivity contribution in [1.82, 2.24) is 14.5 Å². The molecule has 0 aliphatic rings. The smallest absolute Gasteiger partial charge is 0.123 e. The average molecular weight is 339 g/mol. The Morgan fingerprint density at radius 3 is 2.60 bits per heavy atom. The lowest BCUT2D eigenvalue weighted by Gasteiger charge is -2.20. The lowest BCUT2D eigenvalue weighted by Crippen LogP contribution is -2.32. The molecular formula is C20H25N3O2. The predicted octanol–water partition coefficient (Wildman–Crippen LogP) is 2.58. The molecule has 0 amide bonds. The fourth-order valence-electron chi connectivity index (χ4n) is 2.94. The number of benzene rings is 2. The largest absolute Gasteiger partial charge is 0.389 e. The molecule has 5 heteroatoms. The molecule has 1 N–H and O–H groups in total. The summed E-state index contributed by atoms with van der Waals surface area (Å²) in [7, 11) is 4.01. The number of fused-ring (bicyclic) bond motifs is 1. The van der Waals surface area contributed by atoms with E-state index in [4.69, 9.17) is 4.74 Å². The van der Waals surface area contributed by atoms with Gasteiger partial charge < -0.3 is 14.4 Å². The molecule has 1 heterocycles. The van der Waals surface area contributed by atoms with Crippen LogP contribution in [0.25, 0.3) is 11.0 Å². The molecule has 0 unspecified atom stereocenters. The summed E-state index contributed by atoms with van der Waals surface area (Å²) in [5.74, 6) is 0.987. The quantitative estimate of drug-likeness (QED) is 0.685. The second kappa shape index (κ2) is 8.25. The zero-order valence-electron chi connectivity index (χ0n) is 14.8. The van der Waals surface area contributed by atoms with Crippen LogP contribution < -0.4 is 0 Å². The van der Waals surface area contributed by atoms with E-state index in [0.29, 0.717) is 26.3 Å². The van der Waals surface area contributed by atoms with Gasteiger partial charge in [0.05, 0.1) is 36.9 Å². The van der Waals surface area contributed by atoms with Crippen LogP contribution in [-0.2, 0) is 24.9 Å². The first-order chi connectivity index (χ1) is 12.1. The van der Waals surface area contributed by atoms with Gasteiger partial charge in [0.15, 0.2) is 0 Å². The van der Waals surface area contributed by atoms with Gasteiger partial charge in [0, 0.05) is 13.6 Å². The van der Waals surface area contributed by atoms with Crippen LogP contribution in [0.2, 0.25) is 0 Å². The first-order valence-corrected chi connectivity index (χ1v) is 8.52. The molecule has 2 aromatic carbocycles. The van der Waals surface area contributed by atoms with E-state index in [9.17, 15) is 5.11 Å². The minimum absolute atomic E-state index is 0.321. The van der Waals surface area contributed by atoms with Crippen molar-refractivity contribution in [2.45, 2.75) is 19.3 Å². The Morgan fingerprint density at radius 1 is 1.12 bits per heavy atom. The number of likely N-dealkylation sites (N-methyl/N-ethyl adjacent to an activating group) is 1. The van der Waals surface area contributed by atoms with Crippen LogP contribution in [0.3, 0.4) is 0 Å². The second-order valence-corrected chi connectivity index (χ2v) is 6.43. The van der Waals surface area contributed by atoms with Crippen molar-refractivity contribution >= 4 is 11.0 Å². The molecule has 3 rings (SSSR count). The monoisotopic (exact) mass is 339 g/mol. The summed E-state index contributed by atoms with van der Waals surface area (Å²) in [6, 6.07) is 18.1. The molecular weight excluding hydrogens is 314 g/mol. The van der Waals surface area contributed by atoms with E-state index in [1.807, 2.05) is 62.6 Å². The number of aromatic nitrogens is 2. The van der Waals surface area contributed by atoms with Crippen molar-refractivity contribution in [2.75, 3.05) is 20.2 Å². The van der Waals surface area contributed by atoms with Crippen LogP contribution in [-0.4, -0.2) is 45.9 Å². The highest BCUT2D eigenvalue weighted by Gasteiger charge is 2.13. The van der Waals surface area contributed by atoms with Crippen LogP contribution in [0.5, 0.6) is 0 Å². The van der Waals surface area contributed by atoms with Gasteiger partial charge in [-0.25, -0.2) is 4.98 Å². The minimum atomic E-state index is -0.525. The van der Waals surface area contributed by atoms with Gasteiger partial charge in [-0.1, -0.05) is 42.5 Å². The SMILES string of the molecule is CN(Cc1nc2ccccc2n1C)C[C@@H](O)COCc1ccccc1. The first-order valence-electron chi connectivity index (χ1n) is 8.52. The summed E-state index contributed by atoms with van der Waals surface area (Å²) in [6.45, 7) is 2.06. The van der Waals surface area contributed by atoms with E-state index >= 15 is 0 Å². The van der Waals surface area contributed by atoms with Crippen molar-refractivity contribution < 1.29 is 9.84 Å². The third-order valence-corrected chi connectivity index (χ3v) is 4.24. The summed E-state index contributed by atoms with van der Waals surface area (Å²) in [6.07, 6.45) is -0.525. The number of aliphatic hydroxyl groups is 1. The number of hydrogen-bond donors (Lipinski definition) is 1. The molecule has 0 bridgehead atoms. The standard InChI is InChI=1S/C20H25N3O2/c1-22(12-17(24)15-25-14-16-8-4-3-5-9-16)13-20-21-18-10-6-7-11-19(18)23(20)2/h3-11,17,24H,12-15H2,1-2H3/t17-/m1/s1. The number of imidazole rings is 1. The van der Waals surface area contributed by atoms with Gasteiger partial charge in [0.1, 0.15) is 5.82 Å². The number of aryl methyl sites for hydroxylation is 1. The number of para-hydroxylation sites is 2. The van der Waals surface area contributed by atoms with Gasteiger partial charge >= 0.3 is 0 Å². The lowest BCUT2D eigenvalue weighted by molar-refractivity contribution is 0.0123. The minimum Gasteiger partial charge on any atom is -0.389 e. The van der Waals surface area contributed by atoms with Crippen molar-refractivity contribution in [2.24, 2.45) is 7.05 Å². The van der Waals surface area contributed by atoms with Crippen molar-refractivity contribution in [3.8, 4) is 0 Å². The van der Waals surface area contributed by atoms with E-state index in [2.05, 4.69) is 20.5 Å².